The van der Waals surface area contributed by atoms with Crippen molar-refractivity contribution < 1.29 is 19.1 Å². The van der Waals surface area contributed by atoms with Gasteiger partial charge in [-0.3, -0.25) is 14.4 Å². The minimum atomic E-state index is -0.997. The average molecular weight is 443 g/mol. The molecule has 0 spiro atoms. The molecule has 2 aromatic rings. The molecule has 0 aromatic heterocycles. The van der Waals surface area contributed by atoms with Gasteiger partial charge >= 0.3 is 5.97 Å². The van der Waals surface area contributed by atoms with Gasteiger partial charge in [0.1, 0.15) is 0 Å². The highest BCUT2D eigenvalue weighted by Crippen LogP contribution is 2.28. The number of esters is 1. The highest BCUT2D eigenvalue weighted by atomic mass is 35.5. The van der Waals surface area contributed by atoms with Crippen molar-refractivity contribution in [3.05, 3.63) is 70.7 Å². The maximum Gasteiger partial charge on any atom is 0.303 e. The van der Waals surface area contributed by atoms with E-state index in [0.29, 0.717) is 36.4 Å². The van der Waals surface area contributed by atoms with Gasteiger partial charge in [-0.2, -0.15) is 0 Å². The Labute approximate surface area is 187 Å². The number of piperidine rings is 1. The lowest BCUT2D eigenvalue weighted by Crippen LogP contribution is -2.53. The molecule has 2 aromatic carbocycles. The SMILES string of the molecule is CC(=O)N[C@@H]1CCN(C(=O)[C@@H](OC(C)=O)c2ccccc2)[C@@H](Cc2ccc(Cl)cc2)C1. The van der Waals surface area contributed by atoms with E-state index >= 15 is 0 Å². The van der Waals surface area contributed by atoms with Gasteiger partial charge in [0.05, 0.1) is 0 Å². The maximum atomic E-state index is 13.6. The Balaban J connectivity index is 1.86. The van der Waals surface area contributed by atoms with Crippen molar-refractivity contribution in [2.24, 2.45) is 0 Å². The topological polar surface area (TPSA) is 75.7 Å². The lowest BCUT2D eigenvalue weighted by molar-refractivity contribution is -0.161. The van der Waals surface area contributed by atoms with Gasteiger partial charge < -0.3 is 15.0 Å². The van der Waals surface area contributed by atoms with E-state index < -0.39 is 12.1 Å². The molecule has 1 heterocycles. The molecule has 1 saturated heterocycles. The molecule has 1 N–H and O–H groups in total. The number of nitrogens with one attached hydrogen (secondary N) is 1. The third-order valence-corrected chi connectivity index (χ3v) is 5.65. The minimum Gasteiger partial charge on any atom is -0.447 e. The van der Waals surface area contributed by atoms with E-state index in [9.17, 15) is 14.4 Å². The summed E-state index contributed by atoms with van der Waals surface area (Å²) in [5.41, 5.74) is 1.68. The Kier molecular flexibility index (Phi) is 7.69. The van der Waals surface area contributed by atoms with Crippen molar-refractivity contribution in [3.8, 4) is 0 Å². The van der Waals surface area contributed by atoms with E-state index in [2.05, 4.69) is 5.32 Å². The van der Waals surface area contributed by atoms with Gasteiger partial charge in [0, 0.05) is 43.1 Å². The number of likely N-dealkylation sites (tertiary alicyclic amines) is 1. The molecule has 2 amide bonds. The van der Waals surface area contributed by atoms with E-state index in [0.717, 1.165) is 5.56 Å². The van der Waals surface area contributed by atoms with Crippen molar-refractivity contribution in [1.29, 1.82) is 0 Å². The fraction of sp³-hybridized carbons (Fsp3) is 0.375. The summed E-state index contributed by atoms with van der Waals surface area (Å²) in [6.07, 6.45) is 0.879. The monoisotopic (exact) mass is 442 g/mol. The number of hydrogen-bond acceptors (Lipinski definition) is 4. The molecule has 0 bridgehead atoms. The summed E-state index contributed by atoms with van der Waals surface area (Å²) in [4.78, 5) is 38.7. The number of carbonyl (C=O) groups excluding carboxylic acids is 3. The standard InChI is InChI=1S/C24H27ClN2O4/c1-16(28)26-21-12-13-27(22(15-21)14-18-8-10-20(25)11-9-18)24(30)23(31-17(2)29)19-6-4-3-5-7-19/h3-11,21-23H,12-15H2,1-2H3,(H,26,28)/t21-,22+,23+/m1/s1. The Bertz CT molecular complexity index is 917. The van der Waals surface area contributed by atoms with E-state index in [4.69, 9.17) is 16.3 Å². The molecule has 164 valence electrons. The summed E-state index contributed by atoms with van der Waals surface area (Å²) in [5.74, 6) is -0.844. The Morgan fingerprint density at radius 2 is 1.77 bits per heavy atom. The Hall–Kier alpha value is -2.86. The largest absolute Gasteiger partial charge is 0.447 e. The second-order valence-corrected chi connectivity index (χ2v) is 8.27. The predicted octanol–water partition coefficient (Wildman–Crippen LogP) is 3.68. The minimum absolute atomic E-state index is 0.0113. The summed E-state index contributed by atoms with van der Waals surface area (Å²) in [5, 5.41) is 3.62. The zero-order valence-corrected chi connectivity index (χ0v) is 18.5. The molecule has 0 saturated carbocycles. The van der Waals surface area contributed by atoms with E-state index in [1.54, 1.807) is 17.0 Å². The first-order valence-corrected chi connectivity index (χ1v) is 10.8. The Morgan fingerprint density at radius 3 is 2.39 bits per heavy atom. The molecule has 0 unspecified atom stereocenters. The smallest absolute Gasteiger partial charge is 0.303 e. The molecular formula is C24H27ClN2O4. The molecule has 0 radical (unpaired) electrons. The van der Waals surface area contributed by atoms with Crippen LogP contribution in [0.15, 0.2) is 54.6 Å². The number of halogens is 1. The molecule has 31 heavy (non-hydrogen) atoms. The first kappa shape index (κ1) is 22.8. The van der Waals surface area contributed by atoms with Crippen LogP contribution >= 0.6 is 11.6 Å². The predicted molar refractivity (Wildman–Crippen MR) is 118 cm³/mol. The van der Waals surface area contributed by atoms with Crippen LogP contribution in [0.2, 0.25) is 5.02 Å². The van der Waals surface area contributed by atoms with Crippen LogP contribution in [0.1, 0.15) is 43.9 Å². The van der Waals surface area contributed by atoms with E-state index in [1.165, 1.54) is 13.8 Å². The third-order valence-electron chi connectivity index (χ3n) is 5.40. The lowest BCUT2D eigenvalue weighted by atomic mass is 9.91. The normalized spacial score (nSPS) is 19.4. The van der Waals surface area contributed by atoms with Gasteiger partial charge in [0.25, 0.3) is 5.91 Å². The highest BCUT2D eigenvalue weighted by molar-refractivity contribution is 6.30. The van der Waals surface area contributed by atoms with Gasteiger partial charge in [0.15, 0.2) is 0 Å². The fourth-order valence-electron chi connectivity index (χ4n) is 4.05. The van der Waals surface area contributed by atoms with Gasteiger partial charge in [0.2, 0.25) is 12.0 Å². The van der Waals surface area contributed by atoms with Crippen LogP contribution in [0, 0.1) is 0 Å². The van der Waals surface area contributed by atoms with Gasteiger partial charge in [-0.25, -0.2) is 0 Å². The van der Waals surface area contributed by atoms with Crippen molar-refractivity contribution in [3.63, 3.8) is 0 Å². The van der Waals surface area contributed by atoms with Crippen LogP contribution in [-0.2, 0) is 25.5 Å². The zero-order valence-electron chi connectivity index (χ0n) is 17.7. The number of ether oxygens (including phenoxy) is 1. The van der Waals surface area contributed by atoms with Crippen LogP contribution < -0.4 is 5.32 Å². The van der Waals surface area contributed by atoms with Gasteiger partial charge in [-0.1, -0.05) is 54.1 Å². The number of amides is 2. The maximum absolute atomic E-state index is 13.6. The second-order valence-electron chi connectivity index (χ2n) is 7.84. The molecule has 3 rings (SSSR count). The van der Waals surface area contributed by atoms with Crippen molar-refractivity contribution >= 4 is 29.4 Å². The molecule has 3 atom stereocenters. The fourth-order valence-corrected chi connectivity index (χ4v) is 4.18. The van der Waals surface area contributed by atoms with E-state index in [-0.39, 0.29) is 23.9 Å². The van der Waals surface area contributed by atoms with Crippen LogP contribution in [-0.4, -0.2) is 41.3 Å². The molecule has 1 aliphatic rings. The Morgan fingerprint density at radius 1 is 1.10 bits per heavy atom. The van der Waals surface area contributed by atoms with Crippen molar-refractivity contribution in [2.75, 3.05) is 6.54 Å². The summed E-state index contributed by atoms with van der Waals surface area (Å²) in [7, 11) is 0. The highest BCUT2D eigenvalue weighted by Gasteiger charge is 2.37. The summed E-state index contributed by atoms with van der Waals surface area (Å²) >= 11 is 6.01. The summed E-state index contributed by atoms with van der Waals surface area (Å²) in [6, 6.07) is 16.4. The number of benzene rings is 2. The molecule has 7 heteroatoms. The number of rotatable bonds is 6. The average Bonchev–Trinajstić information content (AvgIpc) is 2.73. The first-order chi connectivity index (χ1) is 14.8. The van der Waals surface area contributed by atoms with E-state index in [1.807, 2.05) is 42.5 Å². The zero-order chi connectivity index (χ0) is 22.4. The van der Waals surface area contributed by atoms with Gasteiger partial charge in [-0.15, -0.1) is 0 Å². The van der Waals surface area contributed by atoms with Crippen LogP contribution in [0.3, 0.4) is 0 Å². The van der Waals surface area contributed by atoms with Gasteiger partial charge in [-0.05, 0) is 37.0 Å². The molecular weight excluding hydrogens is 416 g/mol. The number of carbonyl (C=O) groups is 3. The number of nitrogens with zero attached hydrogens (tertiary/aromatic N) is 1. The van der Waals surface area contributed by atoms with Crippen LogP contribution in [0.25, 0.3) is 0 Å². The quantitative estimate of drug-likeness (QED) is 0.692. The molecule has 1 fully saturated rings. The third kappa shape index (κ3) is 6.31. The van der Waals surface area contributed by atoms with Crippen LogP contribution in [0.4, 0.5) is 0 Å². The second kappa shape index (κ2) is 10.4. The first-order valence-electron chi connectivity index (χ1n) is 10.4. The molecule has 0 aliphatic carbocycles. The van der Waals surface area contributed by atoms with Crippen LogP contribution in [0.5, 0.6) is 0 Å². The lowest BCUT2D eigenvalue weighted by Gasteiger charge is -2.41. The summed E-state index contributed by atoms with van der Waals surface area (Å²) in [6.45, 7) is 3.27. The summed E-state index contributed by atoms with van der Waals surface area (Å²) < 4.78 is 5.44. The van der Waals surface area contributed by atoms with Crippen molar-refractivity contribution in [1.82, 2.24) is 10.2 Å². The molecule has 1 aliphatic heterocycles. The number of hydrogen-bond donors (Lipinski definition) is 1. The van der Waals surface area contributed by atoms with Crippen molar-refractivity contribution in [2.45, 2.75) is 51.3 Å². The molecule has 6 nitrogen and oxygen atoms in total.